The van der Waals surface area contributed by atoms with Crippen LogP contribution in [0.2, 0.25) is 0 Å². The van der Waals surface area contributed by atoms with Gasteiger partial charge < -0.3 is 16.8 Å². The second-order valence-electron chi connectivity index (χ2n) is 11.4. The number of rotatable bonds is 9. The molecule has 0 saturated heterocycles. The zero-order valence-electron chi connectivity index (χ0n) is 26.5. The molecular weight excluding hydrogens is 755 g/mol. The molecule has 21 heteroatoms. The topological polar surface area (TPSA) is 310 Å². The molecule has 6 rings (SSSR count). The van der Waals surface area contributed by atoms with Gasteiger partial charge in [-0.25, -0.2) is 0 Å². The first-order chi connectivity index (χ1) is 24.8. The number of Topliss-reactive ketones (excluding diaryl/α,β-unsaturated/α-hetero) is 2. The maximum Gasteiger partial charge on any atom is 0.296 e. The smallest absolute Gasteiger partial charge is 0.296 e. The average Bonchev–Trinajstić information content (AvgIpc) is 3.07. The molecule has 10 N–H and O–H groups in total. The molecule has 272 valence electrons. The highest BCUT2D eigenvalue weighted by molar-refractivity contribution is 7.91. The van der Waals surface area contributed by atoms with E-state index < -0.39 is 68.0 Å². The van der Waals surface area contributed by atoms with Gasteiger partial charge in [0, 0.05) is 28.2 Å². The molecular formula is C32H25N7O11S3. The van der Waals surface area contributed by atoms with Crippen molar-refractivity contribution in [1.82, 2.24) is 0 Å². The van der Waals surface area contributed by atoms with E-state index in [-0.39, 0.29) is 56.4 Å². The van der Waals surface area contributed by atoms with Crippen LogP contribution in [0, 0.1) is 0 Å². The molecule has 2 aliphatic carbocycles. The van der Waals surface area contributed by atoms with Gasteiger partial charge in [-0.2, -0.15) is 35.5 Å². The van der Waals surface area contributed by atoms with Gasteiger partial charge in [0.1, 0.15) is 14.7 Å². The van der Waals surface area contributed by atoms with E-state index in [4.69, 9.17) is 11.5 Å². The molecule has 0 aromatic heterocycles. The van der Waals surface area contributed by atoms with E-state index in [2.05, 4.69) is 26.4 Å². The van der Waals surface area contributed by atoms with Crippen molar-refractivity contribution in [2.24, 2.45) is 10.2 Å². The third-order valence-corrected chi connectivity index (χ3v) is 10.3. The molecule has 18 nitrogen and oxygen atoms in total. The number of benzene rings is 4. The van der Waals surface area contributed by atoms with Crippen LogP contribution in [-0.4, -0.2) is 61.9 Å². The molecule has 0 saturated carbocycles. The number of fused-ring (bicyclic) bond motifs is 2. The zero-order valence-corrected chi connectivity index (χ0v) is 29.0. The fourth-order valence-corrected chi connectivity index (χ4v) is 7.22. The van der Waals surface area contributed by atoms with Crippen molar-refractivity contribution in [3.8, 4) is 0 Å². The van der Waals surface area contributed by atoms with E-state index in [0.717, 1.165) is 18.2 Å². The predicted octanol–water partition coefficient (Wildman–Crippen LogP) is 3.63. The van der Waals surface area contributed by atoms with E-state index in [9.17, 15) is 48.5 Å². The Morgan fingerprint density at radius 2 is 0.962 bits per heavy atom. The normalized spacial score (nSPS) is 16.1. The molecule has 0 fully saturated rings. The van der Waals surface area contributed by atoms with Gasteiger partial charge in [0.25, 0.3) is 30.4 Å². The highest BCUT2D eigenvalue weighted by Gasteiger charge is 2.34. The second-order valence-corrected chi connectivity index (χ2v) is 15.5. The first kappa shape index (κ1) is 36.6. The Labute approximate surface area is 300 Å². The van der Waals surface area contributed by atoms with Crippen molar-refractivity contribution in [1.29, 1.82) is 0 Å². The van der Waals surface area contributed by atoms with Gasteiger partial charge in [0.05, 0.1) is 17.1 Å². The molecule has 0 heterocycles. The fourth-order valence-electron chi connectivity index (χ4n) is 5.23. The summed E-state index contributed by atoms with van der Waals surface area (Å²) in [5, 5.41) is 10.5. The van der Waals surface area contributed by atoms with Gasteiger partial charge in [-0.05, 0) is 90.0 Å². The number of nitrogens with zero attached hydrogens (tertiary/aromatic N) is 2. The van der Waals surface area contributed by atoms with Crippen molar-refractivity contribution in [3.63, 3.8) is 0 Å². The maximum absolute atomic E-state index is 13.1. The number of nitrogens with one attached hydrogen (secondary N) is 3. The summed E-state index contributed by atoms with van der Waals surface area (Å²) in [5.74, 6) is -1.71. The molecule has 0 radical (unpaired) electrons. The minimum Gasteiger partial charge on any atom is -0.399 e. The van der Waals surface area contributed by atoms with E-state index >= 15 is 0 Å². The Bertz CT molecular complexity index is 2720. The third-order valence-electron chi connectivity index (χ3n) is 7.69. The van der Waals surface area contributed by atoms with Crippen molar-refractivity contribution < 1.29 is 48.5 Å². The Kier molecular flexibility index (Phi) is 9.24. The summed E-state index contributed by atoms with van der Waals surface area (Å²) in [7, 11) is -14.7. The SMILES string of the molecule is Nc1ccc2c(c1)C(=O)/C(=N/Nc1ccc(Nc3ccc(N/N=C4\C(=O)c5cc(N)ccc5C=C4S(=O)(=O)O)cc3)c(S(=O)(=O)O)c1)C(S(=O)(=O)O)=C2. The van der Waals surface area contributed by atoms with Crippen LogP contribution >= 0.6 is 0 Å². The average molecular weight is 780 g/mol. The second kappa shape index (κ2) is 13.4. The van der Waals surface area contributed by atoms with Crippen LogP contribution in [0.5, 0.6) is 0 Å². The lowest BCUT2D eigenvalue weighted by Crippen LogP contribution is -2.27. The Hall–Kier alpha value is -6.23. The van der Waals surface area contributed by atoms with E-state index in [1.807, 2.05) is 0 Å². The highest BCUT2D eigenvalue weighted by Crippen LogP contribution is 2.31. The molecule has 0 atom stereocenters. The number of anilines is 6. The number of nitrogens with two attached hydrogens (primary N) is 2. The van der Waals surface area contributed by atoms with Gasteiger partial charge in [0.15, 0.2) is 11.4 Å². The molecule has 0 amide bonds. The number of hydrogen-bond donors (Lipinski definition) is 8. The van der Waals surface area contributed by atoms with Crippen LogP contribution < -0.4 is 27.6 Å². The lowest BCUT2D eigenvalue weighted by atomic mass is 9.94. The first-order valence-corrected chi connectivity index (χ1v) is 19.1. The van der Waals surface area contributed by atoms with Crippen molar-refractivity contribution in [3.05, 3.63) is 111 Å². The van der Waals surface area contributed by atoms with Crippen LogP contribution in [0.4, 0.5) is 34.1 Å². The van der Waals surface area contributed by atoms with Crippen molar-refractivity contribution in [2.75, 3.05) is 27.6 Å². The molecule has 0 bridgehead atoms. The summed E-state index contributed by atoms with van der Waals surface area (Å²) >= 11 is 0. The zero-order chi connectivity index (χ0) is 38.5. The third kappa shape index (κ3) is 7.69. The largest absolute Gasteiger partial charge is 0.399 e. The number of hydrazone groups is 2. The molecule has 4 aromatic carbocycles. The fraction of sp³-hybridized carbons (Fsp3) is 0. The van der Waals surface area contributed by atoms with Crippen LogP contribution in [0.3, 0.4) is 0 Å². The number of ketones is 2. The molecule has 0 unspecified atom stereocenters. The minimum atomic E-state index is -4.95. The quantitative estimate of drug-likeness (QED) is 0.0683. The highest BCUT2D eigenvalue weighted by atomic mass is 32.2. The first-order valence-electron chi connectivity index (χ1n) is 14.7. The Balaban J connectivity index is 1.23. The van der Waals surface area contributed by atoms with Gasteiger partial charge in [-0.15, -0.1) is 0 Å². The van der Waals surface area contributed by atoms with Crippen LogP contribution in [0.15, 0.2) is 104 Å². The standard InChI is InChI=1S/C32H25N7O11S3/c33-18-3-1-16-11-27(52(45,46)47)29(31(40)23(16)13-18)38-36-21-7-5-20(6-8-21)35-25-10-9-22(15-26(25)51(42,43)44)37-39-30-28(53(48,49)50)12-17-2-4-19(34)14-24(17)32(30)41/h1-15,35-37H,33-34H2,(H,42,43,44)(H,45,46,47)(H,48,49,50)/b38-29-,39-30+. The summed E-state index contributed by atoms with van der Waals surface area (Å²) in [5.41, 5.74) is 16.3. The molecule has 0 aliphatic heterocycles. The van der Waals surface area contributed by atoms with Gasteiger partial charge in [-0.3, -0.25) is 34.1 Å². The van der Waals surface area contributed by atoms with E-state index in [1.165, 1.54) is 72.8 Å². The Morgan fingerprint density at radius 3 is 1.42 bits per heavy atom. The van der Waals surface area contributed by atoms with Gasteiger partial charge >= 0.3 is 0 Å². The summed E-state index contributed by atoms with van der Waals surface area (Å²) in [6, 6.07) is 17.5. The Morgan fingerprint density at radius 1 is 0.528 bits per heavy atom. The van der Waals surface area contributed by atoms with Gasteiger partial charge in [0.2, 0.25) is 11.6 Å². The molecule has 4 aromatic rings. The molecule has 0 spiro atoms. The van der Waals surface area contributed by atoms with Crippen molar-refractivity contribution >= 4 is 99.6 Å². The number of allylic oxidation sites excluding steroid dienone is 2. The predicted molar refractivity (Wildman–Crippen MR) is 198 cm³/mol. The van der Waals surface area contributed by atoms with Crippen LogP contribution in [0.1, 0.15) is 31.8 Å². The minimum absolute atomic E-state index is 0.00307. The number of hydrogen-bond acceptors (Lipinski definition) is 15. The molecule has 2 aliphatic rings. The monoisotopic (exact) mass is 779 g/mol. The number of carbonyl (C=O) groups excluding carboxylic acids is 2. The van der Waals surface area contributed by atoms with Crippen molar-refractivity contribution in [2.45, 2.75) is 4.90 Å². The van der Waals surface area contributed by atoms with Crippen LogP contribution in [0.25, 0.3) is 12.2 Å². The number of nitrogen functional groups attached to an aromatic ring is 2. The van der Waals surface area contributed by atoms with Gasteiger partial charge in [-0.1, -0.05) is 12.1 Å². The van der Waals surface area contributed by atoms with E-state index in [0.29, 0.717) is 0 Å². The lowest BCUT2D eigenvalue weighted by Gasteiger charge is -2.17. The van der Waals surface area contributed by atoms with E-state index in [1.54, 1.807) is 0 Å². The number of carbonyl (C=O) groups is 2. The van der Waals surface area contributed by atoms with Crippen LogP contribution in [-0.2, 0) is 30.4 Å². The lowest BCUT2D eigenvalue weighted by molar-refractivity contribution is 0.105. The summed E-state index contributed by atoms with van der Waals surface area (Å²) < 4.78 is 103. The summed E-state index contributed by atoms with van der Waals surface area (Å²) in [6.45, 7) is 0. The molecule has 53 heavy (non-hydrogen) atoms. The summed E-state index contributed by atoms with van der Waals surface area (Å²) in [4.78, 5) is 24.0. The summed E-state index contributed by atoms with van der Waals surface area (Å²) in [6.07, 6.45) is 2.11. The maximum atomic E-state index is 13.1.